The molecule has 94 valence electrons. The van der Waals surface area contributed by atoms with Gasteiger partial charge in [0.15, 0.2) is 0 Å². The number of hydrogen-bond acceptors (Lipinski definition) is 2. The smallest absolute Gasteiger partial charge is 0.254 e. The van der Waals surface area contributed by atoms with E-state index in [4.69, 9.17) is 0 Å². The summed E-state index contributed by atoms with van der Waals surface area (Å²) in [5.41, 5.74) is 1.68. The van der Waals surface area contributed by atoms with Crippen LogP contribution in [-0.2, 0) is 0 Å². The van der Waals surface area contributed by atoms with Gasteiger partial charge in [-0.2, -0.15) is 5.10 Å². The van der Waals surface area contributed by atoms with E-state index in [1.807, 2.05) is 23.1 Å². The maximum absolute atomic E-state index is 12.5. The van der Waals surface area contributed by atoms with E-state index in [1.54, 1.807) is 6.20 Å². The summed E-state index contributed by atoms with van der Waals surface area (Å²) in [4.78, 5) is 14.5. The Hall–Kier alpha value is -1.84. The number of carbonyl (C=O) groups excluding carboxylic acids is 1. The summed E-state index contributed by atoms with van der Waals surface area (Å²) in [5, 5.41) is 7.93. The highest BCUT2D eigenvalue weighted by molar-refractivity contribution is 5.98. The third-order valence-corrected chi connectivity index (χ3v) is 3.40. The lowest BCUT2D eigenvalue weighted by Gasteiger charge is -2.21. The van der Waals surface area contributed by atoms with Gasteiger partial charge in [0.05, 0.1) is 11.7 Å². The molecule has 4 heteroatoms. The number of amides is 1. The molecule has 1 heterocycles. The van der Waals surface area contributed by atoms with E-state index < -0.39 is 0 Å². The van der Waals surface area contributed by atoms with Gasteiger partial charge in [-0.3, -0.25) is 9.89 Å². The quantitative estimate of drug-likeness (QED) is 0.897. The third kappa shape index (κ3) is 1.98. The first-order chi connectivity index (χ1) is 8.79. The molecular formula is C14H17N3O. The Labute approximate surface area is 106 Å². The van der Waals surface area contributed by atoms with E-state index in [0.29, 0.717) is 6.04 Å². The van der Waals surface area contributed by atoms with Crippen LogP contribution in [0.4, 0.5) is 0 Å². The number of aromatic amines is 1. The zero-order valence-corrected chi connectivity index (χ0v) is 10.5. The number of nitrogens with one attached hydrogen (secondary N) is 1. The van der Waals surface area contributed by atoms with Crippen molar-refractivity contribution in [1.29, 1.82) is 0 Å². The lowest BCUT2D eigenvalue weighted by Crippen LogP contribution is -2.33. The Morgan fingerprint density at radius 1 is 1.50 bits per heavy atom. The third-order valence-electron chi connectivity index (χ3n) is 3.40. The lowest BCUT2D eigenvalue weighted by atomic mass is 10.1. The maximum Gasteiger partial charge on any atom is 0.254 e. The van der Waals surface area contributed by atoms with Crippen LogP contribution in [-0.4, -0.2) is 33.6 Å². The lowest BCUT2D eigenvalue weighted by molar-refractivity contribution is 0.0743. The van der Waals surface area contributed by atoms with Crippen molar-refractivity contribution in [2.45, 2.75) is 32.2 Å². The van der Waals surface area contributed by atoms with Gasteiger partial charge in [-0.25, -0.2) is 0 Å². The topological polar surface area (TPSA) is 49.0 Å². The van der Waals surface area contributed by atoms with Gasteiger partial charge in [-0.1, -0.05) is 13.0 Å². The Morgan fingerprint density at radius 3 is 3.06 bits per heavy atom. The SMILES string of the molecule is CCCN(C(=O)c1ccc2cn[nH]c2c1)C1CC1. The molecule has 0 saturated heterocycles. The van der Waals surface area contributed by atoms with Crippen LogP contribution in [0, 0.1) is 0 Å². The van der Waals surface area contributed by atoms with Gasteiger partial charge in [0.25, 0.3) is 5.91 Å². The normalized spacial score (nSPS) is 14.9. The Kier molecular flexibility index (Phi) is 2.78. The maximum atomic E-state index is 12.5. The van der Waals surface area contributed by atoms with Crippen LogP contribution in [0.15, 0.2) is 24.4 Å². The van der Waals surface area contributed by atoms with Crippen molar-refractivity contribution in [2.24, 2.45) is 0 Å². The first kappa shape index (κ1) is 11.3. The van der Waals surface area contributed by atoms with Crippen molar-refractivity contribution in [3.8, 4) is 0 Å². The zero-order chi connectivity index (χ0) is 12.5. The minimum absolute atomic E-state index is 0.149. The largest absolute Gasteiger partial charge is 0.336 e. The number of hydrogen-bond donors (Lipinski definition) is 1. The molecule has 1 amide bonds. The average molecular weight is 243 g/mol. The molecule has 2 aromatic rings. The molecule has 1 N–H and O–H groups in total. The first-order valence-corrected chi connectivity index (χ1v) is 6.53. The highest BCUT2D eigenvalue weighted by Crippen LogP contribution is 2.28. The van der Waals surface area contributed by atoms with Gasteiger partial charge in [0, 0.05) is 23.5 Å². The molecule has 0 bridgehead atoms. The fraction of sp³-hybridized carbons (Fsp3) is 0.429. The fourth-order valence-electron chi connectivity index (χ4n) is 2.31. The highest BCUT2D eigenvalue weighted by Gasteiger charge is 2.32. The molecule has 0 aliphatic heterocycles. The summed E-state index contributed by atoms with van der Waals surface area (Å²) < 4.78 is 0. The van der Waals surface area contributed by atoms with Crippen molar-refractivity contribution >= 4 is 16.8 Å². The predicted molar refractivity (Wildman–Crippen MR) is 70.4 cm³/mol. The number of nitrogens with zero attached hydrogens (tertiary/aromatic N) is 2. The van der Waals surface area contributed by atoms with Crippen LogP contribution in [0.25, 0.3) is 10.9 Å². The summed E-state index contributed by atoms with van der Waals surface area (Å²) >= 11 is 0. The number of aromatic nitrogens is 2. The molecule has 4 nitrogen and oxygen atoms in total. The van der Waals surface area contributed by atoms with Gasteiger partial charge in [-0.15, -0.1) is 0 Å². The standard InChI is InChI=1S/C14H17N3O/c1-2-7-17(12-5-6-12)14(18)10-3-4-11-9-15-16-13(11)8-10/h3-4,8-9,12H,2,5-7H2,1H3,(H,15,16). The Morgan fingerprint density at radius 2 is 2.33 bits per heavy atom. The van der Waals surface area contributed by atoms with Crippen LogP contribution in [0.5, 0.6) is 0 Å². The zero-order valence-electron chi connectivity index (χ0n) is 10.5. The van der Waals surface area contributed by atoms with E-state index >= 15 is 0 Å². The number of rotatable bonds is 4. The molecule has 1 aliphatic carbocycles. The van der Waals surface area contributed by atoms with Crippen LogP contribution in [0.3, 0.4) is 0 Å². The molecule has 1 saturated carbocycles. The van der Waals surface area contributed by atoms with Gasteiger partial charge in [0.1, 0.15) is 0 Å². The second-order valence-corrected chi connectivity index (χ2v) is 4.90. The number of fused-ring (bicyclic) bond motifs is 1. The van der Waals surface area contributed by atoms with Crippen molar-refractivity contribution in [3.05, 3.63) is 30.0 Å². The van der Waals surface area contributed by atoms with Crippen molar-refractivity contribution in [1.82, 2.24) is 15.1 Å². The predicted octanol–water partition coefficient (Wildman–Crippen LogP) is 2.58. The second kappa shape index (κ2) is 4.44. The first-order valence-electron chi connectivity index (χ1n) is 6.53. The molecule has 3 rings (SSSR count). The van der Waals surface area contributed by atoms with E-state index in [9.17, 15) is 4.79 Å². The van der Waals surface area contributed by atoms with E-state index in [1.165, 1.54) is 0 Å². The van der Waals surface area contributed by atoms with Crippen LogP contribution in [0.2, 0.25) is 0 Å². The molecule has 18 heavy (non-hydrogen) atoms. The van der Waals surface area contributed by atoms with Crippen LogP contribution in [0.1, 0.15) is 36.5 Å². The van der Waals surface area contributed by atoms with Crippen molar-refractivity contribution in [2.75, 3.05) is 6.54 Å². The van der Waals surface area contributed by atoms with Crippen LogP contribution < -0.4 is 0 Å². The molecule has 0 radical (unpaired) electrons. The Balaban J connectivity index is 1.89. The van der Waals surface area contributed by atoms with Crippen molar-refractivity contribution < 1.29 is 4.79 Å². The minimum Gasteiger partial charge on any atom is -0.336 e. The molecule has 1 aromatic carbocycles. The monoisotopic (exact) mass is 243 g/mol. The summed E-state index contributed by atoms with van der Waals surface area (Å²) in [7, 11) is 0. The molecule has 0 atom stereocenters. The summed E-state index contributed by atoms with van der Waals surface area (Å²) in [5.74, 6) is 0.149. The van der Waals surface area contributed by atoms with Crippen LogP contribution >= 0.6 is 0 Å². The minimum atomic E-state index is 0.149. The fourth-order valence-corrected chi connectivity index (χ4v) is 2.31. The second-order valence-electron chi connectivity index (χ2n) is 4.90. The van der Waals surface area contributed by atoms with E-state index in [-0.39, 0.29) is 5.91 Å². The summed E-state index contributed by atoms with van der Waals surface area (Å²) in [6.45, 7) is 2.96. The van der Waals surface area contributed by atoms with E-state index in [0.717, 1.165) is 42.3 Å². The molecule has 0 spiro atoms. The molecule has 1 aromatic heterocycles. The molecule has 1 aliphatic rings. The van der Waals surface area contributed by atoms with Crippen molar-refractivity contribution in [3.63, 3.8) is 0 Å². The number of H-pyrrole nitrogens is 1. The molecular weight excluding hydrogens is 226 g/mol. The number of carbonyl (C=O) groups is 1. The molecule has 1 fully saturated rings. The van der Waals surface area contributed by atoms with E-state index in [2.05, 4.69) is 17.1 Å². The highest BCUT2D eigenvalue weighted by atomic mass is 16.2. The summed E-state index contributed by atoms with van der Waals surface area (Å²) in [6, 6.07) is 6.21. The van der Waals surface area contributed by atoms with Gasteiger partial charge >= 0.3 is 0 Å². The Bertz CT molecular complexity index is 571. The average Bonchev–Trinajstić information content (AvgIpc) is 3.12. The molecule has 0 unspecified atom stereocenters. The summed E-state index contributed by atoms with van der Waals surface area (Å²) in [6.07, 6.45) is 5.08. The van der Waals surface area contributed by atoms with Gasteiger partial charge < -0.3 is 4.90 Å². The van der Waals surface area contributed by atoms with Gasteiger partial charge in [-0.05, 0) is 31.4 Å². The van der Waals surface area contributed by atoms with Gasteiger partial charge in [0.2, 0.25) is 0 Å². The number of benzene rings is 1.